The Balaban J connectivity index is 3.97. The molecule has 0 aliphatic rings. The number of hydrogen-bond donors (Lipinski definition) is 3. The summed E-state index contributed by atoms with van der Waals surface area (Å²) in [7, 11) is 0. The summed E-state index contributed by atoms with van der Waals surface area (Å²) in [6.07, 6.45) is 17.0. The van der Waals surface area contributed by atoms with Crippen molar-refractivity contribution in [3.8, 4) is 0 Å². The molecule has 4 heteroatoms. The SMILES string of the molecule is CCC/C=C/CC/C=C/C(O)C(CO)NC(=O)CCCCCCC. The van der Waals surface area contributed by atoms with E-state index in [9.17, 15) is 15.0 Å². The lowest BCUT2D eigenvalue weighted by Gasteiger charge is -2.19. The van der Waals surface area contributed by atoms with Crippen molar-refractivity contribution in [1.82, 2.24) is 5.32 Å². The van der Waals surface area contributed by atoms with Gasteiger partial charge >= 0.3 is 0 Å². The van der Waals surface area contributed by atoms with E-state index in [2.05, 4.69) is 31.3 Å². The van der Waals surface area contributed by atoms with Crippen LogP contribution in [0.2, 0.25) is 0 Å². The van der Waals surface area contributed by atoms with Gasteiger partial charge in [-0.1, -0.05) is 70.3 Å². The first-order valence-electron chi connectivity index (χ1n) is 9.55. The van der Waals surface area contributed by atoms with E-state index in [0.717, 1.165) is 44.9 Å². The van der Waals surface area contributed by atoms with Crippen LogP contribution >= 0.6 is 0 Å². The number of carbonyl (C=O) groups excluding carboxylic acids is 1. The molecule has 0 aromatic rings. The van der Waals surface area contributed by atoms with E-state index in [4.69, 9.17) is 0 Å². The lowest BCUT2D eigenvalue weighted by molar-refractivity contribution is -0.123. The highest BCUT2D eigenvalue weighted by Gasteiger charge is 2.17. The van der Waals surface area contributed by atoms with Gasteiger partial charge in [0.1, 0.15) is 0 Å². The van der Waals surface area contributed by atoms with E-state index in [1.807, 2.05) is 6.08 Å². The monoisotopic (exact) mass is 339 g/mol. The first-order chi connectivity index (χ1) is 11.7. The van der Waals surface area contributed by atoms with E-state index in [1.54, 1.807) is 6.08 Å². The summed E-state index contributed by atoms with van der Waals surface area (Å²) in [6, 6.07) is -0.625. The fourth-order valence-corrected chi connectivity index (χ4v) is 2.37. The van der Waals surface area contributed by atoms with Gasteiger partial charge in [-0.15, -0.1) is 0 Å². The van der Waals surface area contributed by atoms with Crippen LogP contribution in [0.25, 0.3) is 0 Å². The Kier molecular flexibility index (Phi) is 15.9. The second-order valence-electron chi connectivity index (χ2n) is 6.28. The van der Waals surface area contributed by atoms with Crippen molar-refractivity contribution in [2.24, 2.45) is 0 Å². The Morgan fingerprint density at radius 3 is 2.29 bits per heavy atom. The lowest BCUT2D eigenvalue weighted by atomic mass is 10.1. The van der Waals surface area contributed by atoms with Crippen LogP contribution in [0.1, 0.15) is 78.1 Å². The molecule has 0 saturated heterocycles. The van der Waals surface area contributed by atoms with Crippen LogP contribution in [0.15, 0.2) is 24.3 Å². The highest BCUT2D eigenvalue weighted by Crippen LogP contribution is 2.06. The van der Waals surface area contributed by atoms with Crippen LogP contribution in [0, 0.1) is 0 Å². The van der Waals surface area contributed by atoms with Crippen molar-refractivity contribution in [3.63, 3.8) is 0 Å². The molecule has 0 spiro atoms. The van der Waals surface area contributed by atoms with Gasteiger partial charge in [0.2, 0.25) is 5.91 Å². The molecule has 2 unspecified atom stereocenters. The van der Waals surface area contributed by atoms with Crippen molar-refractivity contribution in [2.75, 3.05) is 6.61 Å². The summed E-state index contributed by atoms with van der Waals surface area (Å²) in [4.78, 5) is 11.9. The summed E-state index contributed by atoms with van der Waals surface area (Å²) >= 11 is 0. The van der Waals surface area contributed by atoms with Gasteiger partial charge in [-0.25, -0.2) is 0 Å². The van der Waals surface area contributed by atoms with Crippen LogP contribution in [-0.4, -0.2) is 34.9 Å². The number of unbranched alkanes of at least 4 members (excludes halogenated alkanes) is 6. The normalized spacial score (nSPS) is 14.3. The average molecular weight is 340 g/mol. The lowest BCUT2D eigenvalue weighted by Crippen LogP contribution is -2.45. The van der Waals surface area contributed by atoms with Gasteiger partial charge in [0.25, 0.3) is 0 Å². The Morgan fingerprint density at radius 2 is 1.62 bits per heavy atom. The van der Waals surface area contributed by atoms with Crippen LogP contribution in [-0.2, 0) is 4.79 Å². The molecule has 24 heavy (non-hydrogen) atoms. The number of aliphatic hydroxyl groups is 2. The number of hydrogen-bond acceptors (Lipinski definition) is 3. The zero-order chi connectivity index (χ0) is 18.0. The summed E-state index contributed by atoms with van der Waals surface area (Å²) < 4.78 is 0. The molecule has 0 rings (SSSR count). The van der Waals surface area contributed by atoms with E-state index in [0.29, 0.717) is 6.42 Å². The standard InChI is InChI=1S/C20H37NO3/c1-3-5-7-9-10-12-13-15-19(23)18(17-22)21-20(24)16-14-11-8-6-4-2/h7,9,13,15,18-19,22-23H,3-6,8,10-12,14,16-17H2,1-2H3,(H,21,24)/b9-7+,15-13+. The highest BCUT2D eigenvalue weighted by atomic mass is 16.3. The average Bonchev–Trinajstić information content (AvgIpc) is 2.58. The Morgan fingerprint density at radius 1 is 0.958 bits per heavy atom. The maximum absolute atomic E-state index is 11.9. The Hall–Kier alpha value is -1.13. The smallest absolute Gasteiger partial charge is 0.220 e. The fourth-order valence-electron chi connectivity index (χ4n) is 2.37. The molecule has 4 nitrogen and oxygen atoms in total. The molecular formula is C20H37NO3. The number of amides is 1. The third-order valence-electron chi connectivity index (χ3n) is 3.92. The van der Waals surface area contributed by atoms with Gasteiger partial charge in [0.05, 0.1) is 18.8 Å². The Labute approximate surface area is 148 Å². The third-order valence-corrected chi connectivity index (χ3v) is 3.92. The third kappa shape index (κ3) is 13.3. The molecule has 0 fully saturated rings. The second-order valence-corrected chi connectivity index (χ2v) is 6.28. The summed E-state index contributed by atoms with van der Waals surface area (Å²) in [5, 5.41) is 22.1. The second kappa shape index (κ2) is 16.7. The molecule has 0 aliphatic heterocycles. The maximum Gasteiger partial charge on any atom is 0.220 e. The first-order valence-corrected chi connectivity index (χ1v) is 9.55. The molecule has 0 saturated carbocycles. The van der Waals surface area contributed by atoms with E-state index in [-0.39, 0.29) is 12.5 Å². The fraction of sp³-hybridized carbons (Fsp3) is 0.750. The minimum absolute atomic E-state index is 0.0968. The van der Waals surface area contributed by atoms with Gasteiger partial charge in [0.15, 0.2) is 0 Å². The molecule has 0 aliphatic carbocycles. The van der Waals surface area contributed by atoms with Crippen LogP contribution in [0.3, 0.4) is 0 Å². The molecule has 1 amide bonds. The number of nitrogens with one attached hydrogen (secondary N) is 1. The summed E-state index contributed by atoms with van der Waals surface area (Å²) in [5.41, 5.74) is 0. The minimum atomic E-state index is -0.848. The number of allylic oxidation sites excluding steroid dienone is 3. The zero-order valence-electron chi connectivity index (χ0n) is 15.5. The van der Waals surface area contributed by atoms with Gasteiger partial charge in [-0.05, 0) is 25.7 Å². The molecule has 140 valence electrons. The maximum atomic E-state index is 11.9. The van der Waals surface area contributed by atoms with Crippen molar-refractivity contribution >= 4 is 5.91 Å². The van der Waals surface area contributed by atoms with Gasteiger partial charge < -0.3 is 15.5 Å². The van der Waals surface area contributed by atoms with Crippen LogP contribution < -0.4 is 5.32 Å². The number of carbonyl (C=O) groups is 1. The number of aliphatic hydroxyl groups excluding tert-OH is 2. The van der Waals surface area contributed by atoms with Crippen LogP contribution in [0.4, 0.5) is 0 Å². The van der Waals surface area contributed by atoms with Crippen LogP contribution in [0.5, 0.6) is 0 Å². The molecule has 0 heterocycles. The Bertz CT molecular complexity index is 353. The van der Waals surface area contributed by atoms with Crippen molar-refractivity contribution in [1.29, 1.82) is 0 Å². The summed E-state index contributed by atoms with van der Waals surface area (Å²) in [6.45, 7) is 4.05. The van der Waals surface area contributed by atoms with Gasteiger partial charge in [-0.3, -0.25) is 4.79 Å². The van der Waals surface area contributed by atoms with Gasteiger partial charge in [0, 0.05) is 6.42 Å². The topological polar surface area (TPSA) is 69.6 Å². The van der Waals surface area contributed by atoms with E-state index >= 15 is 0 Å². The first kappa shape index (κ1) is 22.9. The van der Waals surface area contributed by atoms with E-state index in [1.165, 1.54) is 12.8 Å². The minimum Gasteiger partial charge on any atom is -0.394 e. The summed E-state index contributed by atoms with van der Waals surface area (Å²) in [5.74, 6) is -0.0968. The molecule has 0 aromatic heterocycles. The zero-order valence-corrected chi connectivity index (χ0v) is 15.5. The molecule has 0 aromatic carbocycles. The van der Waals surface area contributed by atoms with E-state index < -0.39 is 12.1 Å². The molecule has 0 bridgehead atoms. The van der Waals surface area contributed by atoms with Gasteiger partial charge in [-0.2, -0.15) is 0 Å². The number of rotatable bonds is 15. The largest absolute Gasteiger partial charge is 0.394 e. The predicted molar refractivity (Wildman–Crippen MR) is 101 cm³/mol. The predicted octanol–water partition coefficient (Wildman–Crippen LogP) is 3.88. The van der Waals surface area contributed by atoms with Crippen molar-refractivity contribution in [2.45, 2.75) is 90.2 Å². The molecular weight excluding hydrogens is 302 g/mol. The van der Waals surface area contributed by atoms with Crippen molar-refractivity contribution in [3.05, 3.63) is 24.3 Å². The highest BCUT2D eigenvalue weighted by molar-refractivity contribution is 5.76. The quantitative estimate of drug-likeness (QED) is 0.313. The van der Waals surface area contributed by atoms with Crippen molar-refractivity contribution < 1.29 is 15.0 Å². The molecule has 2 atom stereocenters. The molecule has 3 N–H and O–H groups in total. The molecule has 0 radical (unpaired) electrons.